The summed E-state index contributed by atoms with van der Waals surface area (Å²) >= 11 is 7.29. The number of benzene rings is 2. The summed E-state index contributed by atoms with van der Waals surface area (Å²) in [6, 6.07) is 13.6. The summed E-state index contributed by atoms with van der Waals surface area (Å²) in [5, 5.41) is 1.34. The number of furan rings is 1. The van der Waals surface area contributed by atoms with Crippen molar-refractivity contribution in [2.75, 3.05) is 19.0 Å². The second-order valence-corrected chi connectivity index (χ2v) is 8.48. The Labute approximate surface area is 191 Å². The average molecular weight is 469 g/mol. The molecule has 2 aromatic carbocycles. The molecule has 0 aliphatic carbocycles. The zero-order valence-corrected chi connectivity index (χ0v) is 18.3. The zero-order chi connectivity index (χ0) is 22.1. The lowest BCUT2D eigenvalue weighted by Crippen LogP contribution is -2.24. The molecular weight excluding hydrogens is 452 g/mol. The van der Waals surface area contributed by atoms with Crippen molar-refractivity contribution in [3.63, 3.8) is 0 Å². The van der Waals surface area contributed by atoms with Gasteiger partial charge in [-0.15, -0.1) is 0 Å². The molecule has 0 spiro atoms. The largest absolute Gasteiger partial charge is 0.486 e. The van der Waals surface area contributed by atoms with E-state index in [1.165, 1.54) is 16.3 Å². The van der Waals surface area contributed by atoms with Gasteiger partial charge in [-0.3, -0.25) is 14.2 Å². The number of carbonyl (C=O) groups is 1. The molecular formula is C23H17ClN2O5S. The molecule has 7 nitrogen and oxygen atoms in total. The molecule has 0 fully saturated rings. The van der Waals surface area contributed by atoms with Crippen LogP contribution in [-0.2, 0) is 6.54 Å². The van der Waals surface area contributed by atoms with Gasteiger partial charge < -0.3 is 13.9 Å². The molecule has 1 aliphatic heterocycles. The quantitative estimate of drug-likeness (QED) is 0.235. The lowest BCUT2D eigenvalue weighted by atomic mass is 10.1. The van der Waals surface area contributed by atoms with Crippen molar-refractivity contribution in [3.05, 3.63) is 81.5 Å². The van der Waals surface area contributed by atoms with Gasteiger partial charge >= 0.3 is 0 Å². The Morgan fingerprint density at radius 2 is 1.94 bits per heavy atom. The maximum absolute atomic E-state index is 13.2. The number of carbonyl (C=O) groups excluding carboxylic acids is 1. The van der Waals surface area contributed by atoms with Gasteiger partial charge in [0.15, 0.2) is 22.4 Å². The van der Waals surface area contributed by atoms with Crippen LogP contribution in [0.3, 0.4) is 0 Å². The van der Waals surface area contributed by atoms with Crippen molar-refractivity contribution in [1.29, 1.82) is 0 Å². The van der Waals surface area contributed by atoms with Gasteiger partial charge in [0.05, 0.1) is 29.5 Å². The Morgan fingerprint density at radius 1 is 1.09 bits per heavy atom. The van der Waals surface area contributed by atoms with Gasteiger partial charge in [0.1, 0.15) is 19.0 Å². The van der Waals surface area contributed by atoms with Crippen LogP contribution >= 0.6 is 23.4 Å². The van der Waals surface area contributed by atoms with E-state index in [2.05, 4.69) is 4.98 Å². The van der Waals surface area contributed by atoms with E-state index in [1.807, 2.05) is 0 Å². The van der Waals surface area contributed by atoms with E-state index in [4.69, 9.17) is 25.5 Å². The molecule has 0 atom stereocenters. The molecule has 1 aliphatic rings. The van der Waals surface area contributed by atoms with Crippen LogP contribution < -0.4 is 15.0 Å². The fourth-order valence-corrected chi connectivity index (χ4v) is 4.47. The Bertz CT molecular complexity index is 1370. The molecule has 0 saturated heterocycles. The lowest BCUT2D eigenvalue weighted by Gasteiger charge is -2.18. The van der Waals surface area contributed by atoms with Gasteiger partial charge in [-0.25, -0.2) is 4.98 Å². The van der Waals surface area contributed by atoms with Gasteiger partial charge in [-0.2, -0.15) is 0 Å². The first-order chi connectivity index (χ1) is 15.6. The van der Waals surface area contributed by atoms with Crippen molar-refractivity contribution < 1.29 is 18.7 Å². The van der Waals surface area contributed by atoms with Gasteiger partial charge in [-0.1, -0.05) is 23.4 Å². The van der Waals surface area contributed by atoms with Crippen LogP contribution in [0.25, 0.3) is 10.9 Å². The molecule has 0 bridgehead atoms. The van der Waals surface area contributed by atoms with Crippen molar-refractivity contribution in [3.8, 4) is 11.5 Å². The molecule has 32 heavy (non-hydrogen) atoms. The Morgan fingerprint density at radius 3 is 2.75 bits per heavy atom. The highest BCUT2D eigenvalue weighted by Crippen LogP contribution is 2.31. The van der Waals surface area contributed by atoms with Gasteiger partial charge in [-0.05, 0) is 48.5 Å². The topological polar surface area (TPSA) is 83.6 Å². The number of ketones is 1. The minimum atomic E-state index is -0.225. The standard InChI is InChI=1S/C23H17ClN2O5S/c24-15-4-5-17-18(11-15)25-23(26(22(17)28)12-16-2-1-7-29-16)32-13-19(27)14-3-6-20-21(10-14)31-9-8-30-20/h1-7,10-11H,8-9,12-13H2. The molecule has 0 unspecified atom stereocenters. The summed E-state index contributed by atoms with van der Waals surface area (Å²) in [4.78, 5) is 30.7. The zero-order valence-electron chi connectivity index (χ0n) is 16.7. The SMILES string of the molecule is O=C(CSc1nc2cc(Cl)ccc2c(=O)n1Cc1ccco1)c1ccc2c(c1)OCCO2. The highest BCUT2D eigenvalue weighted by Gasteiger charge is 2.18. The summed E-state index contributed by atoms with van der Waals surface area (Å²) in [6.07, 6.45) is 1.55. The van der Waals surface area contributed by atoms with Gasteiger partial charge in [0.2, 0.25) is 0 Å². The maximum atomic E-state index is 13.2. The van der Waals surface area contributed by atoms with Gasteiger partial charge in [0, 0.05) is 10.6 Å². The Kier molecular flexibility index (Phi) is 5.63. The molecule has 5 rings (SSSR count). The lowest BCUT2D eigenvalue weighted by molar-refractivity contribution is 0.102. The fraction of sp³-hybridized carbons (Fsp3) is 0.174. The van der Waals surface area contributed by atoms with Crippen molar-refractivity contribution in [1.82, 2.24) is 9.55 Å². The summed E-state index contributed by atoms with van der Waals surface area (Å²) in [5.74, 6) is 1.77. The molecule has 0 saturated carbocycles. The summed E-state index contributed by atoms with van der Waals surface area (Å²) in [5.41, 5.74) is 0.760. The van der Waals surface area contributed by atoms with Crippen molar-refractivity contribution >= 4 is 40.0 Å². The van der Waals surface area contributed by atoms with Crippen molar-refractivity contribution in [2.45, 2.75) is 11.7 Å². The monoisotopic (exact) mass is 468 g/mol. The number of nitrogens with zero attached hydrogens (tertiary/aromatic N) is 2. The first-order valence-corrected chi connectivity index (χ1v) is 11.2. The minimum Gasteiger partial charge on any atom is -0.486 e. The molecule has 0 N–H and O–H groups in total. The van der Waals surface area contributed by atoms with E-state index in [-0.39, 0.29) is 23.6 Å². The van der Waals surface area contributed by atoms with Crippen LogP contribution in [0, 0.1) is 0 Å². The van der Waals surface area contributed by atoms with E-state index in [1.54, 1.807) is 54.8 Å². The van der Waals surface area contributed by atoms with Crippen molar-refractivity contribution in [2.24, 2.45) is 0 Å². The molecule has 0 radical (unpaired) electrons. The van der Waals surface area contributed by atoms with Crippen LogP contribution in [0.1, 0.15) is 16.1 Å². The third-order valence-corrected chi connectivity index (χ3v) is 6.18. The van der Waals surface area contributed by atoms with E-state index in [0.29, 0.717) is 57.1 Å². The van der Waals surface area contributed by atoms with E-state index >= 15 is 0 Å². The number of hydrogen-bond acceptors (Lipinski definition) is 7. The number of rotatable bonds is 6. The second-order valence-electron chi connectivity index (χ2n) is 7.10. The van der Waals surface area contributed by atoms with E-state index in [9.17, 15) is 9.59 Å². The van der Waals surface area contributed by atoms with Gasteiger partial charge in [0.25, 0.3) is 5.56 Å². The number of Topliss-reactive ketones (excluding diaryl/α,β-unsaturated/α-hetero) is 1. The number of hydrogen-bond donors (Lipinski definition) is 0. The number of halogens is 1. The van der Waals surface area contributed by atoms with Crippen LogP contribution in [0.2, 0.25) is 5.02 Å². The van der Waals surface area contributed by atoms with Crippen LogP contribution in [0.4, 0.5) is 0 Å². The molecule has 4 aromatic rings. The summed E-state index contributed by atoms with van der Waals surface area (Å²) < 4.78 is 18.0. The molecule has 162 valence electrons. The molecule has 9 heteroatoms. The van der Waals surface area contributed by atoms with E-state index in [0.717, 1.165) is 0 Å². The Hall–Kier alpha value is -3.23. The number of thioether (sulfide) groups is 1. The van der Waals surface area contributed by atoms with E-state index < -0.39 is 0 Å². The smallest absolute Gasteiger partial charge is 0.262 e. The number of ether oxygens (including phenoxy) is 2. The van der Waals surface area contributed by atoms with Crippen LogP contribution in [-0.4, -0.2) is 34.3 Å². The summed E-state index contributed by atoms with van der Waals surface area (Å²) in [6.45, 7) is 1.14. The predicted octanol–water partition coefficient (Wildman–Crippen LogP) is 4.44. The third kappa shape index (κ3) is 4.11. The average Bonchev–Trinajstić information content (AvgIpc) is 3.32. The number of fused-ring (bicyclic) bond motifs is 2. The molecule has 3 heterocycles. The highest BCUT2D eigenvalue weighted by molar-refractivity contribution is 7.99. The summed E-state index contributed by atoms with van der Waals surface area (Å²) in [7, 11) is 0. The highest BCUT2D eigenvalue weighted by atomic mass is 35.5. The third-order valence-electron chi connectivity index (χ3n) is 4.97. The fourth-order valence-electron chi connectivity index (χ4n) is 3.41. The maximum Gasteiger partial charge on any atom is 0.262 e. The van der Waals surface area contributed by atoms with Crippen LogP contribution in [0.15, 0.2) is 69.2 Å². The number of aromatic nitrogens is 2. The minimum absolute atomic E-state index is 0.0936. The van der Waals surface area contributed by atoms with Crippen LogP contribution in [0.5, 0.6) is 11.5 Å². The predicted molar refractivity (Wildman–Crippen MR) is 121 cm³/mol. The molecule has 2 aromatic heterocycles. The first kappa shape index (κ1) is 20.7. The molecule has 0 amide bonds. The Balaban J connectivity index is 1.46. The second kappa shape index (κ2) is 8.72. The first-order valence-electron chi connectivity index (χ1n) is 9.86. The normalized spacial score (nSPS) is 12.8.